The molecule has 0 saturated heterocycles. The summed E-state index contributed by atoms with van der Waals surface area (Å²) in [5.74, 6) is 0.420. The fourth-order valence-corrected chi connectivity index (χ4v) is 3.08. The first kappa shape index (κ1) is 14.7. The predicted octanol–water partition coefficient (Wildman–Crippen LogP) is 3.88. The lowest BCUT2D eigenvalue weighted by molar-refractivity contribution is 0.0918. The highest BCUT2D eigenvalue weighted by Gasteiger charge is 2.13. The Bertz CT molecular complexity index is 855. The molecule has 1 aromatic carbocycles. The van der Waals surface area contributed by atoms with Gasteiger partial charge in [0.15, 0.2) is 6.61 Å². The van der Waals surface area contributed by atoms with Gasteiger partial charge in [0, 0.05) is 5.56 Å². The van der Waals surface area contributed by atoms with E-state index in [4.69, 9.17) is 4.74 Å². The van der Waals surface area contributed by atoms with Crippen molar-refractivity contribution < 1.29 is 9.53 Å². The number of rotatable bonds is 4. The van der Waals surface area contributed by atoms with Crippen LogP contribution in [0.25, 0.3) is 10.2 Å². The molecule has 0 aliphatic carbocycles. The second kappa shape index (κ2) is 5.85. The summed E-state index contributed by atoms with van der Waals surface area (Å²) >= 11 is 1.52. The molecule has 0 saturated carbocycles. The number of ether oxygens (including phenoxy) is 1. The molecule has 0 spiro atoms. The molecule has 4 nitrogen and oxygen atoms in total. The number of aromatic nitrogens is 2. The summed E-state index contributed by atoms with van der Waals surface area (Å²) in [6, 6.07) is 5.86. The van der Waals surface area contributed by atoms with Crippen molar-refractivity contribution in [2.45, 2.75) is 20.8 Å². The minimum Gasteiger partial charge on any atom is -0.469 e. The van der Waals surface area contributed by atoms with Crippen molar-refractivity contribution in [1.29, 1.82) is 0 Å². The smallest absolute Gasteiger partial charge is 0.225 e. The second-order valence-electron chi connectivity index (χ2n) is 5.28. The number of hydrogen-bond donors (Lipinski definition) is 0. The minimum absolute atomic E-state index is 0.0225. The lowest BCUT2D eigenvalue weighted by atomic mass is 9.98. The Kier molecular flexibility index (Phi) is 3.90. The van der Waals surface area contributed by atoms with Crippen LogP contribution in [0.1, 0.15) is 27.0 Å². The molecule has 0 fully saturated rings. The first-order valence-corrected chi connectivity index (χ1v) is 7.86. The van der Waals surface area contributed by atoms with Crippen LogP contribution < -0.4 is 4.74 Å². The van der Waals surface area contributed by atoms with Gasteiger partial charge in [-0.2, -0.15) is 0 Å². The Labute approximate surface area is 132 Å². The molecule has 3 rings (SSSR count). The van der Waals surface area contributed by atoms with Crippen molar-refractivity contribution in [3.8, 4) is 5.88 Å². The standard InChI is InChI=1S/C17H16N2O2S/c1-10-6-12(3)14(7-11(10)2)15(20)8-21-16-13-4-5-22-17(13)19-9-18-16/h4-7,9H,8H2,1-3H3. The van der Waals surface area contributed by atoms with Crippen LogP contribution in [-0.4, -0.2) is 22.4 Å². The zero-order valence-corrected chi connectivity index (χ0v) is 13.5. The van der Waals surface area contributed by atoms with Crippen molar-refractivity contribution >= 4 is 27.3 Å². The Balaban J connectivity index is 1.81. The van der Waals surface area contributed by atoms with E-state index >= 15 is 0 Å². The molecule has 0 N–H and O–H groups in total. The summed E-state index contributed by atoms with van der Waals surface area (Å²) in [6.45, 7) is 5.97. The lowest BCUT2D eigenvalue weighted by Crippen LogP contribution is -2.14. The SMILES string of the molecule is Cc1cc(C)c(C(=O)COc2ncnc3sccc23)cc1C. The van der Waals surface area contributed by atoms with Gasteiger partial charge >= 0.3 is 0 Å². The molecular weight excluding hydrogens is 296 g/mol. The number of hydrogen-bond acceptors (Lipinski definition) is 5. The molecule has 0 bridgehead atoms. The quantitative estimate of drug-likeness (QED) is 0.686. The van der Waals surface area contributed by atoms with Crippen molar-refractivity contribution in [2.24, 2.45) is 0 Å². The van der Waals surface area contributed by atoms with Gasteiger partial charge in [0.1, 0.15) is 11.2 Å². The molecule has 112 valence electrons. The number of nitrogens with zero attached hydrogens (tertiary/aromatic N) is 2. The first-order valence-electron chi connectivity index (χ1n) is 6.98. The van der Waals surface area contributed by atoms with Crippen LogP contribution in [-0.2, 0) is 0 Å². The Morgan fingerprint density at radius 2 is 1.91 bits per heavy atom. The van der Waals surface area contributed by atoms with Crippen LogP contribution in [0, 0.1) is 20.8 Å². The Hall–Kier alpha value is -2.27. The summed E-state index contributed by atoms with van der Waals surface area (Å²) < 4.78 is 5.62. The number of fused-ring (bicyclic) bond motifs is 1. The normalized spacial score (nSPS) is 10.9. The number of carbonyl (C=O) groups is 1. The van der Waals surface area contributed by atoms with Gasteiger partial charge in [-0.25, -0.2) is 9.97 Å². The van der Waals surface area contributed by atoms with E-state index in [1.54, 1.807) is 0 Å². The van der Waals surface area contributed by atoms with Crippen LogP contribution in [0.15, 0.2) is 29.9 Å². The zero-order valence-electron chi connectivity index (χ0n) is 12.7. The van der Waals surface area contributed by atoms with E-state index in [-0.39, 0.29) is 12.4 Å². The van der Waals surface area contributed by atoms with Gasteiger partial charge in [0.2, 0.25) is 11.7 Å². The third-order valence-corrected chi connectivity index (χ3v) is 4.53. The zero-order chi connectivity index (χ0) is 15.7. The highest BCUT2D eigenvalue weighted by atomic mass is 32.1. The van der Waals surface area contributed by atoms with Crippen molar-refractivity contribution in [1.82, 2.24) is 9.97 Å². The summed E-state index contributed by atoms with van der Waals surface area (Å²) in [5.41, 5.74) is 3.97. The Morgan fingerprint density at radius 3 is 2.73 bits per heavy atom. The van der Waals surface area contributed by atoms with Crippen LogP contribution in [0.5, 0.6) is 5.88 Å². The minimum atomic E-state index is -0.0393. The van der Waals surface area contributed by atoms with Crippen molar-refractivity contribution in [3.63, 3.8) is 0 Å². The third kappa shape index (κ3) is 2.72. The van der Waals surface area contributed by atoms with E-state index in [1.807, 2.05) is 44.4 Å². The average Bonchev–Trinajstić information content (AvgIpc) is 2.97. The van der Waals surface area contributed by atoms with Gasteiger partial charge < -0.3 is 4.74 Å². The highest BCUT2D eigenvalue weighted by molar-refractivity contribution is 7.16. The van der Waals surface area contributed by atoms with Crippen molar-refractivity contribution in [2.75, 3.05) is 6.61 Å². The number of thiophene rings is 1. The fraction of sp³-hybridized carbons (Fsp3) is 0.235. The van der Waals surface area contributed by atoms with Gasteiger partial charge in [0.05, 0.1) is 5.39 Å². The van der Waals surface area contributed by atoms with Gasteiger partial charge in [-0.15, -0.1) is 11.3 Å². The van der Waals surface area contributed by atoms with Crippen LogP contribution >= 0.6 is 11.3 Å². The maximum atomic E-state index is 12.4. The molecule has 0 aliphatic rings. The van der Waals surface area contributed by atoms with Gasteiger partial charge in [-0.1, -0.05) is 6.07 Å². The first-order chi connectivity index (χ1) is 10.6. The van der Waals surface area contributed by atoms with E-state index < -0.39 is 0 Å². The van der Waals surface area contributed by atoms with Crippen LogP contribution in [0.3, 0.4) is 0 Å². The monoisotopic (exact) mass is 312 g/mol. The summed E-state index contributed by atoms with van der Waals surface area (Å²) in [4.78, 5) is 21.6. The predicted molar refractivity (Wildman–Crippen MR) is 87.9 cm³/mol. The van der Waals surface area contributed by atoms with Crippen molar-refractivity contribution in [3.05, 3.63) is 52.2 Å². The molecule has 0 atom stereocenters. The molecule has 0 amide bonds. The summed E-state index contributed by atoms with van der Waals surface area (Å²) in [5, 5.41) is 2.78. The molecule has 0 unspecified atom stereocenters. The molecule has 0 aliphatic heterocycles. The Morgan fingerprint density at radius 1 is 1.14 bits per heavy atom. The molecule has 22 heavy (non-hydrogen) atoms. The molecule has 0 radical (unpaired) electrons. The van der Waals surface area contributed by atoms with Gasteiger partial charge in [0.25, 0.3) is 0 Å². The molecule has 5 heteroatoms. The topological polar surface area (TPSA) is 52.1 Å². The van der Waals surface area contributed by atoms with E-state index in [2.05, 4.69) is 9.97 Å². The number of Topliss-reactive ketones (excluding diaryl/α,β-unsaturated/α-hetero) is 1. The fourth-order valence-electron chi connectivity index (χ4n) is 2.35. The maximum Gasteiger partial charge on any atom is 0.225 e. The molecule has 3 aromatic rings. The van der Waals surface area contributed by atoms with E-state index in [0.29, 0.717) is 11.4 Å². The maximum absolute atomic E-state index is 12.4. The summed E-state index contributed by atoms with van der Waals surface area (Å²) in [6.07, 6.45) is 1.46. The van der Waals surface area contributed by atoms with E-state index in [9.17, 15) is 4.79 Å². The van der Waals surface area contributed by atoms with Crippen LogP contribution in [0.2, 0.25) is 0 Å². The number of carbonyl (C=O) groups excluding carboxylic acids is 1. The number of ketones is 1. The van der Waals surface area contributed by atoms with E-state index in [1.165, 1.54) is 23.2 Å². The number of aryl methyl sites for hydroxylation is 3. The second-order valence-corrected chi connectivity index (χ2v) is 6.18. The average molecular weight is 312 g/mol. The van der Waals surface area contributed by atoms with Gasteiger partial charge in [-0.3, -0.25) is 4.79 Å². The molecule has 2 heterocycles. The van der Waals surface area contributed by atoms with Crippen LogP contribution in [0.4, 0.5) is 0 Å². The largest absolute Gasteiger partial charge is 0.469 e. The number of benzene rings is 1. The molecular formula is C17H16N2O2S. The third-order valence-electron chi connectivity index (χ3n) is 3.71. The highest BCUT2D eigenvalue weighted by Crippen LogP contribution is 2.25. The summed E-state index contributed by atoms with van der Waals surface area (Å²) in [7, 11) is 0. The van der Waals surface area contributed by atoms with E-state index in [0.717, 1.165) is 21.3 Å². The lowest BCUT2D eigenvalue weighted by Gasteiger charge is -2.10. The molecule has 2 aromatic heterocycles. The van der Waals surface area contributed by atoms with Gasteiger partial charge in [-0.05, 0) is 55.0 Å².